The highest BCUT2D eigenvalue weighted by molar-refractivity contribution is 6.37. The first-order chi connectivity index (χ1) is 9.54. The van der Waals surface area contributed by atoms with Crippen molar-refractivity contribution in [2.24, 2.45) is 0 Å². The summed E-state index contributed by atoms with van der Waals surface area (Å²) in [4.78, 5) is 4.25. The van der Waals surface area contributed by atoms with Crippen molar-refractivity contribution in [1.82, 2.24) is 4.98 Å². The van der Waals surface area contributed by atoms with Crippen LogP contribution in [0.4, 0.5) is 20.4 Å². The van der Waals surface area contributed by atoms with Crippen molar-refractivity contribution in [3.63, 3.8) is 0 Å². The molecular weight excluding hydrogens is 311 g/mol. The highest BCUT2D eigenvalue weighted by Crippen LogP contribution is 2.29. The fourth-order valence-corrected chi connectivity index (χ4v) is 1.86. The van der Waals surface area contributed by atoms with Crippen molar-refractivity contribution >= 4 is 34.8 Å². The van der Waals surface area contributed by atoms with E-state index in [1.54, 1.807) is 6.07 Å². The number of rotatable bonds is 9. The van der Waals surface area contributed by atoms with Gasteiger partial charge in [0.25, 0.3) is 6.43 Å². The summed E-state index contributed by atoms with van der Waals surface area (Å²) in [7, 11) is 0. The summed E-state index contributed by atoms with van der Waals surface area (Å²) < 4.78 is 28.5. The number of hydrogen-bond acceptors (Lipinski definition) is 4. The van der Waals surface area contributed by atoms with Crippen LogP contribution in [0.15, 0.2) is 6.07 Å². The minimum absolute atomic E-state index is 0.142. The number of ether oxygens (including phenoxy) is 1. The summed E-state index contributed by atoms with van der Waals surface area (Å²) in [5.41, 5.74) is 0. The molecule has 114 valence electrons. The van der Waals surface area contributed by atoms with Crippen molar-refractivity contribution in [3.8, 4) is 0 Å². The van der Waals surface area contributed by atoms with Gasteiger partial charge in [0.2, 0.25) is 0 Å². The van der Waals surface area contributed by atoms with Gasteiger partial charge < -0.3 is 15.4 Å². The van der Waals surface area contributed by atoms with E-state index in [9.17, 15) is 8.78 Å². The van der Waals surface area contributed by atoms with Crippen molar-refractivity contribution in [2.75, 3.05) is 36.9 Å². The van der Waals surface area contributed by atoms with Gasteiger partial charge in [-0.15, -0.1) is 0 Å². The van der Waals surface area contributed by atoms with Gasteiger partial charge in [0.1, 0.15) is 18.2 Å². The highest BCUT2D eigenvalue weighted by Gasteiger charge is 2.09. The lowest BCUT2D eigenvalue weighted by atomic mass is 10.4. The van der Waals surface area contributed by atoms with Crippen LogP contribution in [0.2, 0.25) is 10.0 Å². The Labute approximate surface area is 126 Å². The second-order valence-electron chi connectivity index (χ2n) is 3.97. The second kappa shape index (κ2) is 9.15. The molecular formula is C12H17Cl2F2N3O. The van der Waals surface area contributed by atoms with Crippen LogP contribution in [0.5, 0.6) is 0 Å². The monoisotopic (exact) mass is 327 g/mol. The third kappa shape index (κ3) is 6.07. The average Bonchev–Trinajstić information content (AvgIpc) is 2.39. The van der Waals surface area contributed by atoms with E-state index in [2.05, 4.69) is 15.6 Å². The maximum absolute atomic E-state index is 11.9. The fraction of sp³-hybridized carbons (Fsp3) is 0.583. The van der Waals surface area contributed by atoms with Crippen LogP contribution in [0.1, 0.15) is 13.3 Å². The van der Waals surface area contributed by atoms with Crippen molar-refractivity contribution in [2.45, 2.75) is 19.8 Å². The third-order valence-electron chi connectivity index (χ3n) is 2.25. The van der Waals surface area contributed by atoms with E-state index in [0.717, 1.165) is 13.0 Å². The second-order valence-corrected chi connectivity index (χ2v) is 4.78. The molecule has 0 atom stereocenters. The predicted octanol–water partition coefficient (Wildman–Crippen LogP) is 3.90. The molecule has 0 bridgehead atoms. The van der Waals surface area contributed by atoms with Crippen LogP contribution in [0, 0.1) is 0 Å². The Bertz CT molecular complexity index is 422. The van der Waals surface area contributed by atoms with Gasteiger partial charge in [-0.25, -0.2) is 13.8 Å². The zero-order valence-electron chi connectivity index (χ0n) is 11.1. The van der Waals surface area contributed by atoms with E-state index in [1.165, 1.54) is 0 Å². The molecule has 1 aromatic rings. The minimum Gasteiger partial charge on any atom is -0.374 e. The molecule has 0 aliphatic carbocycles. The third-order valence-corrected chi connectivity index (χ3v) is 2.83. The molecule has 0 aliphatic rings. The SMILES string of the molecule is CCCNc1nc(NCCOCC(F)F)c(Cl)cc1Cl. The molecule has 0 saturated heterocycles. The van der Waals surface area contributed by atoms with Gasteiger partial charge in [-0.2, -0.15) is 0 Å². The average molecular weight is 328 g/mol. The molecule has 20 heavy (non-hydrogen) atoms. The molecule has 0 unspecified atom stereocenters. The number of halogens is 4. The van der Waals surface area contributed by atoms with Gasteiger partial charge in [-0.1, -0.05) is 30.1 Å². The first kappa shape index (κ1) is 17.2. The van der Waals surface area contributed by atoms with E-state index >= 15 is 0 Å². The highest BCUT2D eigenvalue weighted by atomic mass is 35.5. The van der Waals surface area contributed by atoms with Gasteiger partial charge in [-0.3, -0.25) is 0 Å². The lowest BCUT2D eigenvalue weighted by molar-refractivity contribution is 0.0215. The first-order valence-corrected chi connectivity index (χ1v) is 6.99. The standard InChI is InChI=1S/C12H17Cl2F2N3O/c1-2-3-17-11-8(13)6-9(14)12(19-11)18-4-5-20-7-10(15)16/h6,10H,2-5,7H2,1H3,(H2,17,18,19). The van der Waals surface area contributed by atoms with Crippen molar-refractivity contribution in [1.29, 1.82) is 0 Å². The van der Waals surface area contributed by atoms with Crippen LogP contribution in [-0.2, 0) is 4.74 Å². The zero-order chi connectivity index (χ0) is 15.0. The molecule has 0 saturated carbocycles. The molecule has 0 radical (unpaired) electrons. The van der Waals surface area contributed by atoms with Crippen LogP contribution in [0.25, 0.3) is 0 Å². The first-order valence-electron chi connectivity index (χ1n) is 6.24. The Hall–Kier alpha value is -0.850. The van der Waals surface area contributed by atoms with Gasteiger partial charge in [-0.05, 0) is 12.5 Å². The Balaban J connectivity index is 2.51. The number of anilines is 2. The van der Waals surface area contributed by atoms with E-state index in [4.69, 9.17) is 27.9 Å². The molecule has 2 N–H and O–H groups in total. The minimum atomic E-state index is -2.46. The van der Waals surface area contributed by atoms with Crippen LogP contribution >= 0.6 is 23.2 Å². The Morgan fingerprint density at radius 2 is 1.80 bits per heavy atom. The Morgan fingerprint density at radius 3 is 2.35 bits per heavy atom. The Morgan fingerprint density at radius 1 is 1.20 bits per heavy atom. The van der Waals surface area contributed by atoms with E-state index < -0.39 is 13.0 Å². The number of pyridine rings is 1. The number of hydrogen-bond donors (Lipinski definition) is 2. The Kier molecular flexibility index (Phi) is 7.87. The maximum atomic E-state index is 11.9. The number of aromatic nitrogens is 1. The van der Waals surface area contributed by atoms with Crippen LogP contribution in [0.3, 0.4) is 0 Å². The molecule has 0 aromatic carbocycles. The lowest BCUT2D eigenvalue weighted by Gasteiger charge is -2.12. The molecule has 1 heterocycles. The molecule has 4 nitrogen and oxygen atoms in total. The van der Waals surface area contributed by atoms with Crippen molar-refractivity contribution < 1.29 is 13.5 Å². The summed E-state index contributed by atoms with van der Waals surface area (Å²) in [5.74, 6) is 0.976. The van der Waals surface area contributed by atoms with Crippen LogP contribution < -0.4 is 10.6 Å². The molecule has 1 aromatic heterocycles. The fourth-order valence-electron chi connectivity index (χ4n) is 1.37. The largest absolute Gasteiger partial charge is 0.374 e. The zero-order valence-corrected chi connectivity index (χ0v) is 12.6. The predicted molar refractivity (Wildman–Crippen MR) is 78.4 cm³/mol. The summed E-state index contributed by atoms with van der Waals surface area (Å²) in [6, 6.07) is 1.58. The molecule has 1 rings (SSSR count). The molecule has 0 spiro atoms. The topological polar surface area (TPSA) is 46.2 Å². The lowest BCUT2D eigenvalue weighted by Crippen LogP contribution is -2.14. The van der Waals surface area contributed by atoms with Gasteiger partial charge >= 0.3 is 0 Å². The van der Waals surface area contributed by atoms with Crippen molar-refractivity contribution in [3.05, 3.63) is 16.1 Å². The van der Waals surface area contributed by atoms with E-state index in [1.807, 2.05) is 6.92 Å². The summed E-state index contributed by atoms with van der Waals surface area (Å²) in [6.07, 6.45) is -1.53. The quantitative estimate of drug-likeness (QED) is 0.675. The normalized spacial score (nSPS) is 10.9. The summed E-state index contributed by atoms with van der Waals surface area (Å²) in [5, 5.41) is 6.79. The smallest absolute Gasteiger partial charge is 0.261 e. The summed E-state index contributed by atoms with van der Waals surface area (Å²) in [6.45, 7) is 2.66. The number of nitrogens with one attached hydrogen (secondary N) is 2. The number of alkyl halides is 2. The van der Waals surface area contributed by atoms with Gasteiger partial charge in [0.05, 0.1) is 16.7 Å². The molecule has 0 fully saturated rings. The van der Waals surface area contributed by atoms with Crippen LogP contribution in [-0.4, -0.2) is 37.7 Å². The molecule has 8 heteroatoms. The maximum Gasteiger partial charge on any atom is 0.261 e. The van der Waals surface area contributed by atoms with E-state index in [0.29, 0.717) is 28.2 Å². The van der Waals surface area contributed by atoms with E-state index in [-0.39, 0.29) is 6.61 Å². The molecule has 0 aliphatic heterocycles. The summed E-state index contributed by atoms with van der Waals surface area (Å²) >= 11 is 12.0. The van der Waals surface area contributed by atoms with Gasteiger partial charge in [0, 0.05) is 13.1 Å². The number of nitrogens with zero attached hydrogens (tertiary/aromatic N) is 1. The molecule has 0 amide bonds. The van der Waals surface area contributed by atoms with Gasteiger partial charge in [0.15, 0.2) is 0 Å².